The number of hydrogen-bond acceptors (Lipinski definition) is 4. The van der Waals surface area contributed by atoms with Gasteiger partial charge in [0.1, 0.15) is 17.2 Å². The number of aromatic amines is 1. The maximum absolute atomic E-state index is 13.9. The van der Waals surface area contributed by atoms with Gasteiger partial charge in [0.25, 0.3) is 5.91 Å². The third-order valence-electron chi connectivity index (χ3n) is 7.83. The number of Topliss-reactive ketones (excluding diaryl/α,β-unsaturated/α-hetero) is 1. The standard InChI is InChI=1S/C26H30ClFN4O3/c1-15-11-20(18(27)13-19(15)28)32-10-2-7-26(25(32)35)8-5-17(6-9-26)31-24(34)23-22(29-14-30-23)21(33)12-16-3-4-16/h11,13-14,16-17H,2-10,12H2,1H3,(H,29,30)(H,31,34). The number of carbonyl (C=O) groups excluding carboxylic acids is 3. The minimum atomic E-state index is -0.496. The summed E-state index contributed by atoms with van der Waals surface area (Å²) in [6.07, 6.45) is 8.23. The van der Waals surface area contributed by atoms with E-state index in [1.807, 2.05) is 0 Å². The minimum Gasteiger partial charge on any atom is -0.348 e. The maximum atomic E-state index is 13.9. The van der Waals surface area contributed by atoms with E-state index in [-0.39, 0.29) is 45.9 Å². The SMILES string of the molecule is Cc1cc(N2CCCC3(CCC(NC(=O)c4[nH]cnc4C(=O)CC4CC4)CC3)C2=O)c(Cl)cc1F. The number of aryl methyl sites for hydroxylation is 1. The van der Waals surface area contributed by atoms with E-state index < -0.39 is 5.41 Å². The quantitative estimate of drug-likeness (QED) is 0.547. The number of imidazole rings is 1. The average Bonchev–Trinajstić information content (AvgIpc) is 3.50. The van der Waals surface area contributed by atoms with Crippen LogP contribution in [-0.4, -0.2) is 40.2 Å². The summed E-state index contributed by atoms with van der Waals surface area (Å²) in [4.78, 5) is 47.6. The van der Waals surface area contributed by atoms with Crippen LogP contribution in [0.15, 0.2) is 18.5 Å². The lowest BCUT2D eigenvalue weighted by Gasteiger charge is -2.45. The highest BCUT2D eigenvalue weighted by Gasteiger charge is 2.47. The van der Waals surface area contributed by atoms with Crippen LogP contribution in [0.3, 0.4) is 0 Å². The van der Waals surface area contributed by atoms with E-state index in [2.05, 4.69) is 15.3 Å². The molecule has 1 aliphatic heterocycles. The van der Waals surface area contributed by atoms with Gasteiger partial charge in [-0.15, -0.1) is 0 Å². The third-order valence-corrected chi connectivity index (χ3v) is 8.14. The number of nitrogens with one attached hydrogen (secondary N) is 2. The van der Waals surface area contributed by atoms with Crippen LogP contribution >= 0.6 is 11.6 Å². The molecule has 1 spiro atoms. The fraction of sp³-hybridized carbons (Fsp3) is 0.538. The second-order valence-corrected chi connectivity index (χ2v) is 10.7. The van der Waals surface area contributed by atoms with E-state index in [1.54, 1.807) is 17.9 Å². The molecule has 0 bridgehead atoms. The van der Waals surface area contributed by atoms with Crippen LogP contribution in [0.1, 0.15) is 84.3 Å². The van der Waals surface area contributed by atoms with Crippen molar-refractivity contribution in [2.45, 2.75) is 70.8 Å². The van der Waals surface area contributed by atoms with Gasteiger partial charge < -0.3 is 15.2 Å². The number of piperidine rings is 1. The van der Waals surface area contributed by atoms with Crippen molar-refractivity contribution in [1.82, 2.24) is 15.3 Å². The topological polar surface area (TPSA) is 95.2 Å². The van der Waals surface area contributed by atoms with Gasteiger partial charge in [0.2, 0.25) is 5.91 Å². The van der Waals surface area contributed by atoms with E-state index in [9.17, 15) is 18.8 Å². The first kappa shape index (κ1) is 24.0. The predicted molar refractivity (Wildman–Crippen MR) is 130 cm³/mol. The summed E-state index contributed by atoms with van der Waals surface area (Å²) in [7, 11) is 0. The number of rotatable bonds is 6. The summed E-state index contributed by atoms with van der Waals surface area (Å²) in [6, 6.07) is 2.84. The van der Waals surface area contributed by atoms with E-state index in [0.29, 0.717) is 55.8 Å². The Labute approximate surface area is 208 Å². The minimum absolute atomic E-state index is 0.0305. The molecule has 0 radical (unpaired) electrons. The van der Waals surface area contributed by atoms with Crippen LogP contribution in [0.5, 0.6) is 0 Å². The van der Waals surface area contributed by atoms with E-state index in [4.69, 9.17) is 11.6 Å². The largest absolute Gasteiger partial charge is 0.348 e. The summed E-state index contributed by atoms with van der Waals surface area (Å²) in [5.41, 5.74) is 0.956. The molecule has 2 N–H and O–H groups in total. The fourth-order valence-electron chi connectivity index (χ4n) is 5.54. The molecule has 2 aromatic rings. The summed E-state index contributed by atoms with van der Waals surface area (Å²) in [6.45, 7) is 2.22. The summed E-state index contributed by atoms with van der Waals surface area (Å²) < 4.78 is 13.9. The molecule has 2 saturated carbocycles. The first-order chi connectivity index (χ1) is 16.8. The van der Waals surface area contributed by atoms with E-state index in [1.165, 1.54) is 12.4 Å². The monoisotopic (exact) mass is 500 g/mol. The lowest BCUT2D eigenvalue weighted by atomic mass is 9.67. The molecule has 1 aromatic heterocycles. The lowest BCUT2D eigenvalue weighted by Crippen LogP contribution is -2.52. The molecule has 0 unspecified atom stereocenters. The Kier molecular flexibility index (Phi) is 6.42. The van der Waals surface area contributed by atoms with Crippen molar-refractivity contribution >= 4 is 34.9 Å². The maximum Gasteiger partial charge on any atom is 0.270 e. The van der Waals surface area contributed by atoms with E-state index in [0.717, 1.165) is 25.7 Å². The lowest BCUT2D eigenvalue weighted by molar-refractivity contribution is -0.132. The van der Waals surface area contributed by atoms with E-state index >= 15 is 0 Å². The Morgan fingerprint density at radius 1 is 1.23 bits per heavy atom. The molecule has 9 heteroatoms. The molecule has 2 heterocycles. The van der Waals surface area contributed by atoms with Gasteiger partial charge in [0, 0.05) is 24.4 Å². The average molecular weight is 501 g/mol. The summed E-state index contributed by atoms with van der Waals surface area (Å²) in [5, 5.41) is 3.28. The second-order valence-electron chi connectivity index (χ2n) is 10.3. The highest BCUT2D eigenvalue weighted by Crippen LogP contribution is 2.46. The first-order valence-electron chi connectivity index (χ1n) is 12.4. The van der Waals surface area contributed by atoms with Crippen LogP contribution in [0, 0.1) is 24.1 Å². The van der Waals surface area contributed by atoms with Gasteiger partial charge in [-0.2, -0.15) is 0 Å². The number of aromatic nitrogens is 2. The molecule has 186 valence electrons. The van der Waals surface area contributed by atoms with Crippen molar-refractivity contribution < 1.29 is 18.8 Å². The van der Waals surface area contributed by atoms with Crippen molar-refractivity contribution in [3.05, 3.63) is 46.3 Å². The zero-order valence-corrected chi connectivity index (χ0v) is 20.6. The number of amides is 2. The fourth-order valence-corrected chi connectivity index (χ4v) is 5.80. The van der Waals surface area contributed by atoms with Gasteiger partial charge in [-0.3, -0.25) is 14.4 Å². The molecular formula is C26H30ClFN4O3. The van der Waals surface area contributed by atoms with Crippen molar-refractivity contribution in [3.63, 3.8) is 0 Å². The smallest absolute Gasteiger partial charge is 0.270 e. The Hall–Kier alpha value is -2.74. The molecule has 2 amide bonds. The molecular weight excluding hydrogens is 471 g/mol. The van der Waals surface area contributed by atoms with Crippen molar-refractivity contribution in [1.29, 1.82) is 0 Å². The number of benzene rings is 1. The molecule has 35 heavy (non-hydrogen) atoms. The predicted octanol–water partition coefficient (Wildman–Crippen LogP) is 4.98. The first-order valence-corrected chi connectivity index (χ1v) is 12.8. The molecule has 3 fully saturated rings. The van der Waals surface area contributed by atoms with Crippen LogP contribution in [0.4, 0.5) is 10.1 Å². The molecule has 1 saturated heterocycles. The molecule has 2 aliphatic carbocycles. The molecule has 1 aromatic carbocycles. The number of carbonyl (C=O) groups is 3. The van der Waals surface area contributed by atoms with Crippen molar-refractivity contribution in [2.75, 3.05) is 11.4 Å². The normalized spacial score (nSPS) is 24.6. The van der Waals surface area contributed by atoms with Gasteiger partial charge in [-0.1, -0.05) is 11.6 Å². The van der Waals surface area contributed by atoms with Gasteiger partial charge in [-0.05, 0) is 81.9 Å². The highest BCUT2D eigenvalue weighted by atomic mass is 35.5. The second kappa shape index (κ2) is 9.37. The Balaban J connectivity index is 1.23. The highest BCUT2D eigenvalue weighted by molar-refractivity contribution is 6.34. The number of anilines is 1. The molecule has 3 aliphatic rings. The number of halogens is 2. The van der Waals surface area contributed by atoms with Gasteiger partial charge >= 0.3 is 0 Å². The van der Waals surface area contributed by atoms with Crippen LogP contribution in [0.2, 0.25) is 5.02 Å². The van der Waals surface area contributed by atoms with Crippen LogP contribution in [-0.2, 0) is 4.79 Å². The zero-order chi connectivity index (χ0) is 24.7. The molecule has 7 nitrogen and oxygen atoms in total. The third kappa shape index (κ3) is 4.73. The van der Waals surface area contributed by atoms with Crippen molar-refractivity contribution in [3.8, 4) is 0 Å². The Bertz CT molecular complexity index is 1170. The zero-order valence-electron chi connectivity index (χ0n) is 19.8. The number of hydrogen-bond donors (Lipinski definition) is 2. The summed E-state index contributed by atoms with van der Waals surface area (Å²) in [5.74, 6) is -0.352. The Morgan fingerprint density at radius 2 is 1.97 bits per heavy atom. The van der Waals surface area contributed by atoms with Crippen LogP contribution in [0.25, 0.3) is 0 Å². The number of H-pyrrole nitrogens is 1. The molecule has 0 atom stereocenters. The van der Waals surface area contributed by atoms with Crippen molar-refractivity contribution in [2.24, 2.45) is 11.3 Å². The molecule has 5 rings (SSSR count). The van der Waals surface area contributed by atoms with Gasteiger partial charge in [-0.25, -0.2) is 9.37 Å². The van der Waals surface area contributed by atoms with Gasteiger partial charge in [0.05, 0.1) is 17.0 Å². The van der Waals surface area contributed by atoms with Crippen LogP contribution < -0.4 is 10.2 Å². The van der Waals surface area contributed by atoms with Gasteiger partial charge in [0.15, 0.2) is 5.78 Å². The number of nitrogens with zero attached hydrogens (tertiary/aromatic N) is 2. The number of ketones is 1. The summed E-state index contributed by atoms with van der Waals surface area (Å²) >= 11 is 6.31. The Morgan fingerprint density at radius 3 is 2.69 bits per heavy atom.